The van der Waals surface area contributed by atoms with Gasteiger partial charge in [0.15, 0.2) is 0 Å². The van der Waals surface area contributed by atoms with Crippen LogP contribution in [0.3, 0.4) is 0 Å². The molecule has 3 aromatic rings. The largest absolute Gasteiger partial charge is 0.453 e. The maximum Gasteiger partial charge on any atom is 0.407 e. The second-order valence-electron chi connectivity index (χ2n) is 11.5. The molecular weight excluding hydrogens is 638 g/mol. The minimum Gasteiger partial charge on any atom is -0.453 e. The van der Waals surface area contributed by atoms with Crippen molar-refractivity contribution < 1.29 is 31.5 Å². The molecule has 1 fully saturated rings. The molecule has 3 N–H and O–H groups in total. The topological polar surface area (TPSA) is 117 Å². The molecular formula is C33H39ClF2N4O5S. The van der Waals surface area contributed by atoms with Crippen LogP contribution >= 0.6 is 11.6 Å². The molecule has 248 valence electrons. The van der Waals surface area contributed by atoms with Crippen LogP contribution in [0.15, 0.2) is 66.7 Å². The summed E-state index contributed by atoms with van der Waals surface area (Å²) in [5.74, 6) is -2.20. The van der Waals surface area contributed by atoms with Gasteiger partial charge in [0.2, 0.25) is 15.9 Å². The van der Waals surface area contributed by atoms with Crippen molar-refractivity contribution in [2.45, 2.75) is 56.7 Å². The molecule has 0 aromatic heterocycles. The number of hydrogen-bond acceptors (Lipinski definition) is 6. The number of nitrogens with one attached hydrogen (secondary N) is 3. The van der Waals surface area contributed by atoms with Gasteiger partial charge in [0, 0.05) is 47.4 Å². The molecule has 1 aliphatic heterocycles. The second kappa shape index (κ2) is 15.8. The first kappa shape index (κ1) is 35.3. The molecule has 0 bridgehead atoms. The number of piperazine rings is 1. The summed E-state index contributed by atoms with van der Waals surface area (Å²) in [6.45, 7) is 2.88. The number of carbonyl (C=O) groups is 2. The van der Waals surface area contributed by atoms with Crippen LogP contribution in [-0.4, -0.2) is 69.3 Å². The molecule has 0 aliphatic carbocycles. The quantitative estimate of drug-likeness (QED) is 0.241. The van der Waals surface area contributed by atoms with Crippen molar-refractivity contribution in [2.24, 2.45) is 0 Å². The third kappa shape index (κ3) is 9.25. The smallest absolute Gasteiger partial charge is 0.407 e. The first-order valence-corrected chi connectivity index (χ1v) is 17.2. The van der Waals surface area contributed by atoms with Crippen molar-refractivity contribution >= 4 is 39.3 Å². The molecule has 4 atom stereocenters. The Kier molecular flexibility index (Phi) is 12.1. The average Bonchev–Trinajstić information content (AvgIpc) is 3.01. The monoisotopic (exact) mass is 676 g/mol. The Balaban J connectivity index is 1.59. The summed E-state index contributed by atoms with van der Waals surface area (Å²) in [4.78, 5) is 26.5. The Morgan fingerprint density at radius 3 is 2.41 bits per heavy atom. The Hall–Kier alpha value is -3.58. The van der Waals surface area contributed by atoms with Gasteiger partial charge in [0.1, 0.15) is 17.7 Å². The van der Waals surface area contributed by atoms with Crippen LogP contribution in [0.1, 0.15) is 42.4 Å². The number of rotatable bonds is 12. The lowest BCUT2D eigenvalue weighted by Crippen LogP contribution is -2.57. The lowest BCUT2D eigenvalue weighted by Gasteiger charge is -2.39. The van der Waals surface area contributed by atoms with Crippen LogP contribution in [0.5, 0.6) is 0 Å². The van der Waals surface area contributed by atoms with E-state index in [1.807, 2.05) is 6.92 Å². The van der Waals surface area contributed by atoms with Gasteiger partial charge in [-0.3, -0.25) is 4.79 Å². The Labute approximate surface area is 273 Å². The lowest BCUT2D eigenvalue weighted by atomic mass is 9.85. The Morgan fingerprint density at radius 2 is 1.76 bits per heavy atom. The molecule has 46 heavy (non-hydrogen) atoms. The molecule has 0 saturated carbocycles. The highest BCUT2D eigenvalue weighted by Gasteiger charge is 2.35. The summed E-state index contributed by atoms with van der Waals surface area (Å²) in [6, 6.07) is 15.3. The zero-order chi connectivity index (χ0) is 33.4. The fourth-order valence-electron chi connectivity index (χ4n) is 6.03. The molecule has 0 spiro atoms. The first-order chi connectivity index (χ1) is 21.9. The number of anilines is 1. The van der Waals surface area contributed by atoms with E-state index in [1.54, 1.807) is 42.5 Å². The summed E-state index contributed by atoms with van der Waals surface area (Å²) in [5, 5.41) is 9.18. The van der Waals surface area contributed by atoms with Gasteiger partial charge in [-0.2, -0.15) is 4.31 Å². The van der Waals surface area contributed by atoms with Crippen LogP contribution in [0, 0.1) is 11.6 Å². The van der Waals surface area contributed by atoms with E-state index < -0.39 is 45.6 Å². The molecule has 4 rings (SSSR count). The summed E-state index contributed by atoms with van der Waals surface area (Å²) in [7, 11) is -2.26. The summed E-state index contributed by atoms with van der Waals surface area (Å²) < 4.78 is 60.2. The molecule has 1 aliphatic rings. The van der Waals surface area contributed by atoms with Crippen molar-refractivity contribution in [1.82, 2.24) is 14.9 Å². The van der Waals surface area contributed by atoms with Gasteiger partial charge in [0.25, 0.3) is 0 Å². The number of benzene rings is 3. The molecule has 1 heterocycles. The van der Waals surface area contributed by atoms with Crippen molar-refractivity contribution in [3.8, 4) is 0 Å². The standard InChI is InChI=1S/C33H39ClF2N4O5S/c1-21-19-37-20-26(40(21)46(3,43)44)6-4-7-27-29(36)8-5-9-30(27)38-32(41)31(39-33(42)45-2)28(23-12-14-24(34)15-13-23)18-22-10-16-25(35)17-11-22/h5,8-17,21,26,28,31,37H,4,6-7,18-20H2,1-3H3,(H,38,41)(H,39,42)/t21-,26-,28-,31-/m0/s1. The normalized spacial score (nSPS) is 18.4. The van der Waals surface area contributed by atoms with E-state index in [9.17, 15) is 22.4 Å². The Morgan fingerprint density at radius 1 is 1.07 bits per heavy atom. The summed E-state index contributed by atoms with van der Waals surface area (Å²) in [5.41, 5.74) is 1.88. The molecule has 0 radical (unpaired) electrons. The van der Waals surface area contributed by atoms with Crippen LogP contribution in [0.4, 0.5) is 19.3 Å². The molecule has 2 amide bonds. The molecule has 3 aromatic carbocycles. The number of methoxy groups -OCH3 is 1. The third-order valence-electron chi connectivity index (χ3n) is 8.15. The van der Waals surface area contributed by atoms with E-state index in [0.717, 1.165) is 0 Å². The SMILES string of the molecule is COC(=O)N[C@H](C(=O)Nc1cccc(F)c1CCC[C@H]1CNC[C@H](C)N1S(C)(=O)=O)[C@@H](Cc1ccc(F)cc1)c1ccc(Cl)cc1. The minimum absolute atomic E-state index is 0.209. The van der Waals surface area contributed by atoms with Gasteiger partial charge in [-0.15, -0.1) is 0 Å². The molecule has 1 saturated heterocycles. The maximum atomic E-state index is 15.2. The highest BCUT2D eigenvalue weighted by molar-refractivity contribution is 7.88. The number of sulfonamides is 1. The minimum atomic E-state index is -3.44. The number of amides is 2. The zero-order valence-corrected chi connectivity index (χ0v) is 27.5. The molecule has 13 heteroatoms. The van der Waals surface area contributed by atoms with Gasteiger partial charge in [-0.25, -0.2) is 22.0 Å². The van der Waals surface area contributed by atoms with Gasteiger partial charge in [-0.1, -0.05) is 41.9 Å². The van der Waals surface area contributed by atoms with Crippen LogP contribution in [0.25, 0.3) is 0 Å². The predicted octanol–water partition coefficient (Wildman–Crippen LogP) is 5.25. The van der Waals surface area contributed by atoms with E-state index in [4.69, 9.17) is 16.3 Å². The van der Waals surface area contributed by atoms with Crippen molar-refractivity contribution in [2.75, 3.05) is 31.8 Å². The number of halogens is 3. The number of hydrogen-bond donors (Lipinski definition) is 3. The summed E-state index contributed by atoms with van der Waals surface area (Å²) in [6.07, 6.45) is 1.76. The van der Waals surface area contributed by atoms with Crippen molar-refractivity contribution in [3.63, 3.8) is 0 Å². The van der Waals surface area contributed by atoms with Crippen LogP contribution in [0.2, 0.25) is 5.02 Å². The van der Waals surface area contributed by atoms with E-state index in [-0.39, 0.29) is 36.2 Å². The number of carbonyl (C=O) groups excluding carboxylic acids is 2. The first-order valence-electron chi connectivity index (χ1n) is 15.0. The fourth-order valence-corrected chi connectivity index (χ4v) is 7.60. The number of ether oxygens (including phenoxy) is 1. The fraction of sp³-hybridized carbons (Fsp3) is 0.394. The van der Waals surface area contributed by atoms with Crippen molar-refractivity contribution in [1.29, 1.82) is 0 Å². The second-order valence-corrected chi connectivity index (χ2v) is 13.8. The average molecular weight is 677 g/mol. The van der Waals surface area contributed by atoms with E-state index in [0.29, 0.717) is 42.1 Å². The van der Waals surface area contributed by atoms with Gasteiger partial charge < -0.3 is 20.7 Å². The zero-order valence-electron chi connectivity index (χ0n) is 25.9. The number of nitrogens with zero attached hydrogens (tertiary/aromatic N) is 1. The number of alkyl carbamates (subject to hydrolysis) is 1. The lowest BCUT2D eigenvalue weighted by molar-refractivity contribution is -0.118. The van der Waals surface area contributed by atoms with E-state index in [1.165, 1.54) is 41.9 Å². The molecule has 9 nitrogen and oxygen atoms in total. The molecule has 0 unspecified atom stereocenters. The van der Waals surface area contributed by atoms with Crippen LogP contribution in [-0.2, 0) is 32.4 Å². The van der Waals surface area contributed by atoms with Gasteiger partial charge in [0.05, 0.1) is 13.4 Å². The maximum absolute atomic E-state index is 15.2. The summed E-state index contributed by atoms with van der Waals surface area (Å²) >= 11 is 6.13. The van der Waals surface area contributed by atoms with E-state index >= 15 is 4.39 Å². The van der Waals surface area contributed by atoms with Crippen molar-refractivity contribution in [3.05, 3.63) is 100 Å². The van der Waals surface area contributed by atoms with Gasteiger partial charge >= 0.3 is 6.09 Å². The highest BCUT2D eigenvalue weighted by Crippen LogP contribution is 2.29. The van der Waals surface area contributed by atoms with E-state index in [2.05, 4.69) is 16.0 Å². The van der Waals surface area contributed by atoms with Gasteiger partial charge in [-0.05, 0) is 80.1 Å². The predicted molar refractivity (Wildman–Crippen MR) is 174 cm³/mol. The highest BCUT2D eigenvalue weighted by atomic mass is 35.5. The van der Waals surface area contributed by atoms with Crippen LogP contribution < -0.4 is 16.0 Å². The third-order valence-corrected chi connectivity index (χ3v) is 9.82. The Bertz CT molecular complexity index is 1610.